The first kappa shape index (κ1) is 7.88. The van der Waals surface area contributed by atoms with Gasteiger partial charge in [-0.3, -0.25) is 11.7 Å². The van der Waals surface area contributed by atoms with Crippen LogP contribution in [0.15, 0.2) is 0 Å². The van der Waals surface area contributed by atoms with Crippen LogP contribution in [0.3, 0.4) is 0 Å². The third-order valence-electron chi connectivity index (χ3n) is 2.51. The minimum atomic E-state index is -1.10. The molecule has 0 radical (unpaired) electrons. The summed E-state index contributed by atoms with van der Waals surface area (Å²) in [6.45, 7) is 0. The van der Waals surface area contributed by atoms with Gasteiger partial charge in [0.05, 0.1) is 0 Å². The van der Waals surface area contributed by atoms with Crippen LogP contribution >= 0.6 is 0 Å². The van der Waals surface area contributed by atoms with Gasteiger partial charge in [-0.15, -0.1) is 0 Å². The number of halogens is 2. The van der Waals surface area contributed by atoms with Gasteiger partial charge in [0.2, 0.25) is 0 Å². The zero-order valence-electron chi connectivity index (χ0n) is 5.63. The topological polar surface area (TPSA) is 52.0 Å². The molecule has 2 rings (SSSR count). The van der Waals surface area contributed by atoms with Crippen LogP contribution in [0, 0.1) is 11.8 Å². The Morgan fingerprint density at radius 1 is 0.900 bits per heavy atom. The number of hydrogen-bond acceptors (Lipinski definition) is 2. The molecule has 4 unspecified atom stereocenters. The second-order valence-electron chi connectivity index (χ2n) is 2.79. The molecule has 0 saturated heterocycles. The van der Waals surface area contributed by atoms with Gasteiger partial charge in [0.25, 0.3) is 0 Å². The van der Waals surface area contributed by atoms with Crippen molar-refractivity contribution in [1.29, 1.82) is 0 Å². The summed E-state index contributed by atoms with van der Waals surface area (Å²) in [5.74, 6) is 8.23. The molecular formula is C6H12F2N2. The number of hydrogen-bond donors (Lipinski definition) is 2. The quantitative estimate of drug-likeness (QED) is 0.390. The molecule has 60 valence electrons. The van der Waals surface area contributed by atoms with Crippen molar-refractivity contribution < 1.29 is 8.78 Å². The highest BCUT2D eigenvalue weighted by molar-refractivity contribution is 5.04. The highest BCUT2D eigenvalue weighted by atomic mass is 19.2. The lowest BCUT2D eigenvalue weighted by Crippen LogP contribution is -2.56. The number of rotatable bonds is 0. The third kappa shape index (κ3) is 0.828. The van der Waals surface area contributed by atoms with E-state index in [1.165, 1.54) is 0 Å². The normalized spacial score (nSPS) is 49.2. The van der Waals surface area contributed by atoms with Gasteiger partial charge in [-0.05, 0) is 24.7 Å². The predicted octanol–water partition coefficient (Wildman–Crippen LogP) is 0.521. The smallest absolute Gasteiger partial charge is 0.135 e. The summed E-state index contributed by atoms with van der Waals surface area (Å²) in [5.41, 5.74) is 0. The van der Waals surface area contributed by atoms with Crippen LogP contribution in [0.5, 0.6) is 0 Å². The summed E-state index contributed by atoms with van der Waals surface area (Å²) >= 11 is 0. The first-order valence-electron chi connectivity index (χ1n) is 3.42. The molecule has 2 aliphatic rings. The Hall–Kier alpha value is -0.220. The predicted molar refractivity (Wildman–Crippen MR) is 34.4 cm³/mol. The van der Waals surface area contributed by atoms with Gasteiger partial charge in [-0.1, -0.05) is 0 Å². The minimum Gasteiger partial charge on any atom is -0.274 e. The lowest BCUT2D eigenvalue weighted by Gasteiger charge is -2.51. The van der Waals surface area contributed by atoms with Gasteiger partial charge in [-0.2, -0.15) is 0 Å². The summed E-state index contributed by atoms with van der Waals surface area (Å²) in [6, 6.07) is 0. The SMILES string of the molecule is FC1C(F)C2CCC12.NN. The Kier molecular flexibility index (Phi) is 2.21. The molecule has 4 atom stereocenters. The van der Waals surface area contributed by atoms with Gasteiger partial charge in [0, 0.05) is 0 Å². The highest BCUT2D eigenvalue weighted by Crippen LogP contribution is 2.53. The third-order valence-corrected chi connectivity index (χ3v) is 2.51. The van der Waals surface area contributed by atoms with Crippen molar-refractivity contribution in [3.05, 3.63) is 0 Å². The maximum Gasteiger partial charge on any atom is 0.135 e. The average Bonchev–Trinajstić information content (AvgIpc) is 1.91. The molecule has 4 heteroatoms. The summed E-state index contributed by atoms with van der Waals surface area (Å²) in [6.07, 6.45) is -0.360. The first-order chi connectivity index (χ1) is 4.80. The molecule has 0 aromatic rings. The van der Waals surface area contributed by atoms with Gasteiger partial charge in [0.15, 0.2) is 0 Å². The molecule has 0 aromatic carbocycles. The van der Waals surface area contributed by atoms with E-state index >= 15 is 0 Å². The number of alkyl halides is 2. The molecule has 0 amide bonds. The van der Waals surface area contributed by atoms with Crippen molar-refractivity contribution in [2.24, 2.45) is 23.5 Å². The van der Waals surface area contributed by atoms with Crippen molar-refractivity contribution in [3.8, 4) is 0 Å². The van der Waals surface area contributed by atoms with E-state index in [4.69, 9.17) is 0 Å². The van der Waals surface area contributed by atoms with Crippen LogP contribution in [-0.2, 0) is 0 Å². The zero-order valence-corrected chi connectivity index (χ0v) is 5.63. The Morgan fingerprint density at radius 3 is 1.30 bits per heavy atom. The molecule has 2 aliphatic carbocycles. The standard InChI is InChI=1S/C6H8F2.H4N2/c7-5-3-1-2-4(3)6(5)8;1-2/h3-6H,1-2H2;1-2H2. The molecule has 10 heavy (non-hydrogen) atoms. The molecule has 2 saturated carbocycles. The van der Waals surface area contributed by atoms with Crippen LogP contribution in [0.2, 0.25) is 0 Å². The second-order valence-corrected chi connectivity index (χ2v) is 2.79. The van der Waals surface area contributed by atoms with E-state index in [0.717, 1.165) is 12.8 Å². The molecule has 0 bridgehead atoms. The molecule has 0 aliphatic heterocycles. The van der Waals surface area contributed by atoms with Gasteiger partial charge in [0.1, 0.15) is 12.3 Å². The largest absolute Gasteiger partial charge is 0.274 e. The summed E-state index contributed by atoms with van der Waals surface area (Å²) in [5, 5.41) is 0. The monoisotopic (exact) mass is 150 g/mol. The van der Waals surface area contributed by atoms with Crippen molar-refractivity contribution in [1.82, 2.24) is 0 Å². The number of hydrazine groups is 1. The van der Waals surface area contributed by atoms with E-state index in [0.29, 0.717) is 0 Å². The lowest BCUT2D eigenvalue weighted by molar-refractivity contribution is -0.128. The van der Waals surface area contributed by atoms with E-state index in [-0.39, 0.29) is 11.8 Å². The average molecular weight is 150 g/mol. The Bertz CT molecular complexity index is 94.3. The molecule has 0 spiro atoms. The van der Waals surface area contributed by atoms with Crippen molar-refractivity contribution in [2.45, 2.75) is 25.2 Å². The van der Waals surface area contributed by atoms with Crippen molar-refractivity contribution >= 4 is 0 Å². The van der Waals surface area contributed by atoms with Crippen LogP contribution in [0.4, 0.5) is 8.78 Å². The maximum atomic E-state index is 12.2. The summed E-state index contributed by atoms with van der Waals surface area (Å²) in [4.78, 5) is 0. The molecule has 0 aromatic heterocycles. The highest BCUT2D eigenvalue weighted by Gasteiger charge is 2.56. The van der Waals surface area contributed by atoms with Crippen molar-refractivity contribution in [2.75, 3.05) is 0 Å². The van der Waals surface area contributed by atoms with E-state index in [1.54, 1.807) is 0 Å². The Labute approximate surface area is 58.5 Å². The van der Waals surface area contributed by atoms with Crippen molar-refractivity contribution in [3.63, 3.8) is 0 Å². The van der Waals surface area contributed by atoms with Crippen LogP contribution < -0.4 is 11.7 Å². The van der Waals surface area contributed by atoms with Gasteiger partial charge < -0.3 is 0 Å². The number of fused-ring (bicyclic) bond motifs is 1. The van der Waals surface area contributed by atoms with E-state index in [2.05, 4.69) is 11.7 Å². The van der Waals surface area contributed by atoms with E-state index in [1.807, 2.05) is 0 Å². The van der Waals surface area contributed by atoms with E-state index < -0.39 is 12.3 Å². The molecule has 2 nitrogen and oxygen atoms in total. The lowest BCUT2D eigenvalue weighted by atomic mass is 9.57. The Balaban J connectivity index is 0.000000231. The number of nitrogens with two attached hydrogens (primary N) is 2. The second kappa shape index (κ2) is 2.80. The fraction of sp³-hybridized carbons (Fsp3) is 1.00. The summed E-state index contributed by atoms with van der Waals surface area (Å²) < 4.78 is 24.5. The van der Waals surface area contributed by atoms with E-state index in [9.17, 15) is 8.78 Å². The molecule has 2 fully saturated rings. The van der Waals surface area contributed by atoms with Gasteiger partial charge >= 0.3 is 0 Å². The maximum absolute atomic E-state index is 12.2. The van der Waals surface area contributed by atoms with Crippen LogP contribution in [-0.4, -0.2) is 12.3 Å². The fourth-order valence-corrected chi connectivity index (χ4v) is 1.67. The van der Waals surface area contributed by atoms with Gasteiger partial charge in [-0.25, -0.2) is 8.78 Å². The molecule has 0 heterocycles. The van der Waals surface area contributed by atoms with Crippen LogP contribution in [0.25, 0.3) is 0 Å². The fourth-order valence-electron chi connectivity index (χ4n) is 1.67. The van der Waals surface area contributed by atoms with Crippen LogP contribution in [0.1, 0.15) is 12.8 Å². The summed E-state index contributed by atoms with van der Waals surface area (Å²) in [7, 11) is 0. The molecular weight excluding hydrogens is 138 g/mol. The Morgan fingerprint density at radius 2 is 1.20 bits per heavy atom. The zero-order chi connectivity index (χ0) is 7.72. The minimum absolute atomic E-state index is 0.116. The first-order valence-corrected chi connectivity index (χ1v) is 3.42. The molecule has 4 N–H and O–H groups in total.